The van der Waals surface area contributed by atoms with Crippen LogP contribution in [0.25, 0.3) is 0 Å². The van der Waals surface area contributed by atoms with Gasteiger partial charge in [0.15, 0.2) is 0 Å². The van der Waals surface area contributed by atoms with Gasteiger partial charge in [0.1, 0.15) is 0 Å². The number of aliphatic carboxylic acids is 1. The number of carbonyl (C=O) groups is 1. The Bertz CT molecular complexity index is 451. The minimum absolute atomic E-state index is 0.128. The van der Waals surface area contributed by atoms with E-state index in [1.54, 1.807) is 0 Å². The monoisotopic (exact) mass is 233 g/mol. The van der Waals surface area contributed by atoms with Gasteiger partial charge in [-0.15, -0.1) is 0 Å². The largest absolute Gasteiger partial charge is 0.481 e. The standard InChI is InChI=1S/C14H19NO2/c1-14(2)11(12(14)13(16)17)9-6-5-7-10(8-9)15(3)4/h5-8,11-12H,1-4H3,(H,16,17)/t11-,12+/m0/s1. The minimum Gasteiger partial charge on any atom is -0.481 e. The van der Waals surface area contributed by atoms with Gasteiger partial charge in [-0.05, 0) is 23.1 Å². The van der Waals surface area contributed by atoms with Crippen LogP contribution in [-0.2, 0) is 4.79 Å². The molecule has 0 aliphatic heterocycles. The molecule has 0 bridgehead atoms. The highest BCUT2D eigenvalue weighted by Crippen LogP contribution is 2.64. The van der Waals surface area contributed by atoms with E-state index in [2.05, 4.69) is 6.07 Å². The smallest absolute Gasteiger partial charge is 0.307 e. The van der Waals surface area contributed by atoms with E-state index in [9.17, 15) is 9.90 Å². The van der Waals surface area contributed by atoms with Crippen molar-refractivity contribution in [3.05, 3.63) is 29.8 Å². The van der Waals surface area contributed by atoms with Gasteiger partial charge in [0.2, 0.25) is 0 Å². The number of benzene rings is 1. The van der Waals surface area contributed by atoms with Crippen molar-refractivity contribution < 1.29 is 9.90 Å². The maximum Gasteiger partial charge on any atom is 0.307 e. The van der Waals surface area contributed by atoms with Crippen molar-refractivity contribution in [2.75, 3.05) is 19.0 Å². The minimum atomic E-state index is -0.685. The second-order valence-electron chi connectivity index (χ2n) is 5.60. The van der Waals surface area contributed by atoms with Crippen molar-refractivity contribution in [1.29, 1.82) is 0 Å². The Kier molecular flexibility index (Phi) is 2.64. The molecule has 0 heterocycles. The second kappa shape index (κ2) is 3.76. The molecule has 2 rings (SSSR count). The van der Waals surface area contributed by atoms with Crippen LogP contribution in [0.1, 0.15) is 25.3 Å². The zero-order valence-electron chi connectivity index (χ0n) is 10.8. The summed E-state index contributed by atoms with van der Waals surface area (Å²) >= 11 is 0. The first-order valence-electron chi connectivity index (χ1n) is 5.86. The van der Waals surface area contributed by atoms with Gasteiger partial charge >= 0.3 is 5.97 Å². The van der Waals surface area contributed by atoms with E-state index in [-0.39, 0.29) is 17.3 Å². The van der Waals surface area contributed by atoms with Gasteiger partial charge in [-0.3, -0.25) is 4.79 Å². The first-order valence-corrected chi connectivity index (χ1v) is 5.86. The fourth-order valence-electron chi connectivity index (χ4n) is 2.72. The molecule has 1 fully saturated rings. The van der Waals surface area contributed by atoms with Crippen molar-refractivity contribution in [3.63, 3.8) is 0 Å². The molecule has 3 nitrogen and oxygen atoms in total. The summed E-state index contributed by atoms with van der Waals surface area (Å²) in [6, 6.07) is 8.16. The highest BCUT2D eigenvalue weighted by atomic mass is 16.4. The molecule has 1 N–H and O–H groups in total. The summed E-state index contributed by atoms with van der Waals surface area (Å²) in [7, 11) is 3.98. The topological polar surface area (TPSA) is 40.5 Å². The number of carboxylic acid groups (broad SMARTS) is 1. The summed E-state index contributed by atoms with van der Waals surface area (Å²) in [6.07, 6.45) is 0. The van der Waals surface area contributed by atoms with Crippen molar-refractivity contribution in [1.82, 2.24) is 0 Å². The molecule has 2 atom stereocenters. The van der Waals surface area contributed by atoms with Crippen LogP contribution in [0.5, 0.6) is 0 Å². The van der Waals surface area contributed by atoms with Crippen LogP contribution >= 0.6 is 0 Å². The van der Waals surface area contributed by atoms with Crippen LogP contribution in [0, 0.1) is 11.3 Å². The molecule has 17 heavy (non-hydrogen) atoms. The number of anilines is 1. The molecule has 0 saturated heterocycles. The molecule has 92 valence electrons. The summed E-state index contributed by atoms with van der Waals surface area (Å²) in [5, 5.41) is 9.19. The lowest BCUT2D eigenvalue weighted by molar-refractivity contribution is -0.139. The van der Waals surface area contributed by atoms with Crippen molar-refractivity contribution in [2.45, 2.75) is 19.8 Å². The maximum absolute atomic E-state index is 11.2. The quantitative estimate of drug-likeness (QED) is 0.872. The van der Waals surface area contributed by atoms with Gasteiger partial charge < -0.3 is 10.0 Å². The third-order valence-corrected chi connectivity index (χ3v) is 3.84. The highest BCUT2D eigenvalue weighted by Gasteiger charge is 2.62. The molecule has 1 aromatic rings. The second-order valence-corrected chi connectivity index (χ2v) is 5.60. The molecule has 1 aliphatic carbocycles. The molecular weight excluding hydrogens is 214 g/mol. The molecule has 0 radical (unpaired) electrons. The number of hydrogen-bond acceptors (Lipinski definition) is 2. The SMILES string of the molecule is CN(C)c1cccc([C@H]2[C@H](C(=O)O)C2(C)C)c1. The van der Waals surface area contributed by atoms with Crippen molar-refractivity contribution >= 4 is 11.7 Å². The molecule has 0 unspecified atom stereocenters. The predicted octanol–water partition coefficient (Wildman–Crippen LogP) is 2.58. The van der Waals surface area contributed by atoms with Crippen LogP contribution in [-0.4, -0.2) is 25.2 Å². The number of carboxylic acids is 1. The van der Waals surface area contributed by atoms with Crippen molar-refractivity contribution in [2.24, 2.45) is 11.3 Å². The van der Waals surface area contributed by atoms with Gasteiger partial charge in [-0.1, -0.05) is 26.0 Å². The van der Waals surface area contributed by atoms with E-state index >= 15 is 0 Å². The number of hydrogen-bond donors (Lipinski definition) is 1. The van der Waals surface area contributed by atoms with E-state index in [1.165, 1.54) is 0 Å². The summed E-state index contributed by atoms with van der Waals surface area (Å²) in [6.45, 7) is 4.05. The van der Waals surface area contributed by atoms with E-state index in [1.807, 2.05) is 51.0 Å². The lowest BCUT2D eigenvalue weighted by atomic mass is 10.0. The van der Waals surface area contributed by atoms with Gasteiger partial charge in [0.25, 0.3) is 0 Å². The molecule has 0 amide bonds. The fraction of sp³-hybridized carbons (Fsp3) is 0.500. The maximum atomic E-state index is 11.2. The third kappa shape index (κ3) is 1.90. The Morgan fingerprint density at radius 1 is 1.35 bits per heavy atom. The lowest BCUT2D eigenvalue weighted by Crippen LogP contribution is -2.08. The summed E-state index contributed by atoms with van der Waals surface area (Å²) in [5.41, 5.74) is 2.12. The van der Waals surface area contributed by atoms with Crippen LogP contribution < -0.4 is 4.90 Å². The highest BCUT2D eigenvalue weighted by molar-refractivity contribution is 5.77. The van der Waals surface area contributed by atoms with Crippen LogP contribution in [0.2, 0.25) is 0 Å². The Labute approximate surface area is 102 Å². The van der Waals surface area contributed by atoms with Crippen molar-refractivity contribution in [3.8, 4) is 0 Å². The van der Waals surface area contributed by atoms with Gasteiger partial charge in [-0.25, -0.2) is 0 Å². The fourth-order valence-corrected chi connectivity index (χ4v) is 2.72. The molecular formula is C14H19NO2. The van der Waals surface area contributed by atoms with E-state index in [0.29, 0.717) is 0 Å². The molecule has 0 spiro atoms. The van der Waals surface area contributed by atoms with E-state index in [4.69, 9.17) is 0 Å². The Morgan fingerprint density at radius 2 is 2.00 bits per heavy atom. The van der Waals surface area contributed by atoms with Crippen LogP contribution in [0.3, 0.4) is 0 Å². The van der Waals surface area contributed by atoms with E-state index in [0.717, 1.165) is 11.3 Å². The third-order valence-electron chi connectivity index (χ3n) is 3.84. The molecule has 3 heteroatoms. The molecule has 1 saturated carbocycles. The average Bonchev–Trinajstić information content (AvgIpc) is 2.82. The summed E-state index contributed by atoms with van der Waals surface area (Å²) in [5.74, 6) is -0.796. The van der Waals surface area contributed by atoms with Gasteiger partial charge in [0, 0.05) is 25.7 Å². The van der Waals surface area contributed by atoms with Crippen LogP contribution in [0.4, 0.5) is 5.69 Å². The molecule has 0 aromatic heterocycles. The summed E-state index contributed by atoms with van der Waals surface area (Å²) in [4.78, 5) is 13.2. The van der Waals surface area contributed by atoms with Crippen LogP contribution in [0.15, 0.2) is 24.3 Å². The molecule has 1 aliphatic rings. The zero-order valence-corrected chi connectivity index (χ0v) is 10.8. The van der Waals surface area contributed by atoms with E-state index < -0.39 is 5.97 Å². The number of nitrogens with zero attached hydrogens (tertiary/aromatic N) is 1. The Balaban J connectivity index is 2.31. The first kappa shape index (κ1) is 12.0. The normalized spacial score (nSPS) is 25.4. The summed E-state index contributed by atoms with van der Waals surface area (Å²) < 4.78 is 0. The van der Waals surface area contributed by atoms with Gasteiger partial charge in [-0.2, -0.15) is 0 Å². The predicted molar refractivity (Wildman–Crippen MR) is 68.4 cm³/mol. The first-order chi connectivity index (χ1) is 7.85. The van der Waals surface area contributed by atoms with Gasteiger partial charge in [0.05, 0.1) is 5.92 Å². The zero-order chi connectivity index (χ0) is 12.8. The Morgan fingerprint density at radius 3 is 2.47 bits per heavy atom. The number of rotatable bonds is 3. The average molecular weight is 233 g/mol. The Hall–Kier alpha value is -1.51. The lowest BCUT2D eigenvalue weighted by Gasteiger charge is -2.14. The molecule has 1 aromatic carbocycles.